The molecule has 2 amide bonds. The zero-order chi connectivity index (χ0) is 17.6. The van der Waals surface area contributed by atoms with Crippen molar-refractivity contribution in [2.45, 2.75) is 31.9 Å². The van der Waals surface area contributed by atoms with E-state index in [9.17, 15) is 4.79 Å². The molecule has 2 aliphatic heterocycles. The Morgan fingerprint density at radius 3 is 2.64 bits per heavy atom. The predicted molar refractivity (Wildman–Crippen MR) is 98.0 cm³/mol. The van der Waals surface area contributed by atoms with Gasteiger partial charge in [-0.25, -0.2) is 4.79 Å². The number of amides is 2. The second-order valence-corrected chi connectivity index (χ2v) is 6.88. The average Bonchev–Trinajstić information content (AvgIpc) is 3.15. The maximum atomic E-state index is 12.4. The average molecular weight is 347 g/mol. The normalized spacial score (nSPS) is 21.8. The van der Waals surface area contributed by atoms with Gasteiger partial charge in [0, 0.05) is 39.0 Å². The molecule has 2 aliphatic rings. The summed E-state index contributed by atoms with van der Waals surface area (Å²) in [5.74, 6) is 0. The predicted octanol–water partition coefficient (Wildman–Crippen LogP) is 2.40. The molecule has 6 heteroatoms. The Labute approximate surface area is 150 Å². The van der Waals surface area contributed by atoms with E-state index in [0.29, 0.717) is 6.54 Å². The van der Waals surface area contributed by atoms with E-state index in [1.165, 1.54) is 5.69 Å². The Balaban J connectivity index is 1.51. The van der Waals surface area contributed by atoms with Gasteiger partial charge in [0.2, 0.25) is 0 Å². The number of carbonyl (C=O) groups is 1. The highest BCUT2D eigenvalue weighted by Gasteiger charge is 2.21. The molecular formula is C19H29N3O3. The minimum Gasteiger partial charge on any atom is -0.378 e. The van der Waals surface area contributed by atoms with Crippen LogP contribution in [-0.2, 0) is 9.47 Å². The van der Waals surface area contributed by atoms with Crippen molar-refractivity contribution >= 4 is 11.7 Å². The number of likely N-dealkylation sites (N-methyl/N-ethyl adjacent to an activating group) is 1. The summed E-state index contributed by atoms with van der Waals surface area (Å²) >= 11 is 0. The van der Waals surface area contributed by atoms with E-state index >= 15 is 0 Å². The van der Waals surface area contributed by atoms with Gasteiger partial charge < -0.3 is 24.6 Å². The van der Waals surface area contributed by atoms with Crippen LogP contribution in [-0.4, -0.2) is 63.5 Å². The van der Waals surface area contributed by atoms with Crippen LogP contribution in [0.4, 0.5) is 10.5 Å². The summed E-state index contributed by atoms with van der Waals surface area (Å²) in [6, 6.07) is 8.35. The van der Waals surface area contributed by atoms with Crippen molar-refractivity contribution in [3.8, 4) is 0 Å². The highest BCUT2D eigenvalue weighted by Crippen LogP contribution is 2.20. The summed E-state index contributed by atoms with van der Waals surface area (Å²) in [6.07, 6.45) is 2.31. The van der Waals surface area contributed by atoms with Gasteiger partial charge in [-0.1, -0.05) is 12.1 Å². The smallest absolute Gasteiger partial charge is 0.317 e. The molecule has 2 heterocycles. The van der Waals surface area contributed by atoms with E-state index in [-0.39, 0.29) is 18.2 Å². The quantitative estimate of drug-likeness (QED) is 0.889. The molecule has 3 rings (SSSR count). The molecular weight excluding hydrogens is 318 g/mol. The first-order chi connectivity index (χ1) is 12.1. The molecule has 0 aliphatic carbocycles. The molecule has 1 aromatic carbocycles. The molecule has 1 aromatic rings. The van der Waals surface area contributed by atoms with Gasteiger partial charge in [-0.15, -0.1) is 0 Å². The van der Waals surface area contributed by atoms with Gasteiger partial charge in [0.15, 0.2) is 0 Å². The number of carbonyl (C=O) groups excluding carboxylic acids is 1. The van der Waals surface area contributed by atoms with Crippen molar-refractivity contribution in [2.75, 3.05) is 51.4 Å². The van der Waals surface area contributed by atoms with E-state index in [0.717, 1.165) is 51.3 Å². The lowest BCUT2D eigenvalue weighted by Gasteiger charge is -2.29. The van der Waals surface area contributed by atoms with Crippen LogP contribution < -0.4 is 10.2 Å². The van der Waals surface area contributed by atoms with Crippen molar-refractivity contribution in [1.29, 1.82) is 0 Å². The maximum Gasteiger partial charge on any atom is 0.317 e. The van der Waals surface area contributed by atoms with Crippen LogP contribution >= 0.6 is 0 Å². The number of rotatable bonds is 5. The lowest BCUT2D eigenvalue weighted by molar-refractivity contribution is 0.0871. The summed E-state index contributed by atoms with van der Waals surface area (Å²) < 4.78 is 11.0. The molecule has 0 unspecified atom stereocenters. The monoisotopic (exact) mass is 347 g/mol. The number of nitrogens with one attached hydrogen (secondary N) is 1. The third-order valence-corrected chi connectivity index (χ3v) is 4.96. The first kappa shape index (κ1) is 18.0. The summed E-state index contributed by atoms with van der Waals surface area (Å²) in [6.45, 7) is 6.90. The number of hydrogen-bond donors (Lipinski definition) is 1. The van der Waals surface area contributed by atoms with Crippen molar-refractivity contribution in [2.24, 2.45) is 0 Å². The molecule has 138 valence electrons. The van der Waals surface area contributed by atoms with E-state index in [4.69, 9.17) is 9.47 Å². The first-order valence-electron chi connectivity index (χ1n) is 9.19. The fraction of sp³-hybridized carbons (Fsp3) is 0.632. The van der Waals surface area contributed by atoms with Gasteiger partial charge in [-0.3, -0.25) is 0 Å². The third kappa shape index (κ3) is 4.86. The lowest BCUT2D eigenvalue weighted by atomic mass is 10.1. The number of anilines is 1. The van der Waals surface area contributed by atoms with Gasteiger partial charge >= 0.3 is 6.03 Å². The number of hydrogen-bond acceptors (Lipinski definition) is 4. The van der Waals surface area contributed by atoms with Gasteiger partial charge in [0.1, 0.15) is 0 Å². The summed E-state index contributed by atoms with van der Waals surface area (Å²) in [5.41, 5.74) is 2.32. The maximum absolute atomic E-state index is 12.4. The van der Waals surface area contributed by atoms with Gasteiger partial charge in [0.05, 0.1) is 25.4 Å². The van der Waals surface area contributed by atoms with Crippen LogP contribution in [0.1, 0.15) is 31.4 Å². The molecule has 2 fully saturated rings. The fourth-order valence-electron chi connectivity index (χ4n) is 3.35. The molecule has 0 saturated carbocycles. The summed E-state index contributed by atoms with van der Waals surface area (Å²) in [4.78, 5) is 16.4. The Kier molecular flexibility index (Phi) is 6.15. The summed E-state index contributed by atoms with van der Waals surface area (Å²) in [7, 11) is 1.82. The highest BCUT2D eigenvalue weighted by molar-refractivity contribution is 5.74. The number of morpholine rings is 1. The van der Waals surface area contributed by atoms with Crippen LogP contribution in [0.5, 0.6) is 0 Å². The Morgan fingerprint density at radius 2 is 2.00 bits per heavy atom. The highest BCUT2D eigenvalue weighted by atomic mass is 16.5. The lowest BCUT2D eigenvalue weighted by Crippen LogP contribution is -2.42. The fourth-order valence-corrected chi connectivity index (χ4v) is 3.35. The van der Waals surface area contributed by atoms with Crippen LogP contribution in [0, 0.1) is 0 Å². The molecule has 2 saturated heterocycles. The molecule has 0 aromatic heterocycles. The topological polar surface area (TPSA) is 54.0 Å². The van der Waals surface area contributed by atoms with Crippen molar-refractivity contribution in [3.63, 3.8) is 0 Å². The standard InChI is InChI=1S/C19H29N3O3/c1-15(20-19(23)21(2)14-18-4-3-11-25-18)16-5-7-17(8-6-16)22-9-12-24-13-10-22/h5-8,15,18H,3-4,9-14H2,1-2H3,(H,20,23)/t15-,18+/m1/s1. The Hall–Kier alpha value is -1.79. The van der Waals surface area contributed by atoms with Gasteiger partial charge in [-0.2, -0.15) is 0 Å². The first-order valence-corrected chi connectivity index (χ1v) is 9.19. The van der Waals surface area contributed by atoms with Crippen LogP contribution in [0.25, 0.3) is 0 Å². The molecule has 6 nitrogen and oxygen atoms in total. The van der Waals surface area contributed by atoms with Crippen molar-refractivity contribution in [3.05, 3.63) is 29.8 Å². The molecule has 0 spiro atoms. The summed E-state index contributed by atoms with van der Waals surface area (Å²) in [5, 5.41) is 3.07. The van der Waals surface area contributed by atoms with Crippen molar-refractivity contribution < 1.29 is 14.3 Å². The second-order valence-electron chi connectivity index (χ2n) is 6.88. The van der Waals surface area contributed by atoms with Crippen LogP contribution in [0.3, 0.4) is 0 Å². The molecule has 0 bridgehead atoms. The van der Waals surface area contributed by atoms with Gasteiger partial charge in [0.25, 0.3) is 0 Å². The van der Waals surface area contributed by atoms with E-state index < -0.39 is 0 Å². The van der Waals surface area contributed by atoms with E-state index in [1.54, 1.807) is 4.90 Å². The number of benzene rings is 1. The zero-order valence-corrected chi connectivity index (χ0v) is 15.2. The largest absolute Gasteiger partial charge is 0.378 e. The molecule has 2 atom stereocenters. The Bertz CT molecular complexity index is 552. The van der Waals surface area contributed by atoms with Crippen LogP contribution in [0.2, 0.25) is 0 Å². The Morgan fingerprint density at radius 1 is 1.28 bits per heavy atom. The van der Waals surface area contributed by atoms with Gasteiger partial charge in [-0.05, 0) is 37.5 Å². The number of ether oxygens (including phenoxy) is 2. The second kappa shape index (κ2) is 8.54. The molecule has 25 heavy (non-hydrogen) atoms. The number of urea groups is 1. The number of nitrogens with zero attached hydrogens (tertiary/aromatic N) is 2. The minimum absolute atomic E-state index is 0.0295. The van der Waals surface area contributed by atoms with E-state index in [2.05, 4.69) is 34.5 Å². The minimum atomic E-state index is -0.0553. The van der Waals surface area contributed by atoms with E-state index in [1.807, 2.05) is 14.0 Å². The zero-order valence-electron chi connectivity index (χ0n) is 15.2. The van der Waals surface area contributed by atoms with Crippen molar-refractivity contribution in [1.82, 2.24) is 10.2 Å². The van der Waals surface area contributed by atoms with Crippen LogP contribution in [0.15, 0.2) is 24.3 Å². The third-order valence-electron chi connectivity index (χ3n) is 4.96. The SMILES string of the molecule is C[C@@H](NC(=O)N(C)C[C@@H]1CCCO1)c1ccc(N2CCOCC2)cc1. The molecule has 1 N–H and O–H groups in total. The molecule has 0 radical (unpaired) electrons.